The summed E-state index contributed by atoms with van der Waals surface area (Å²) in [6.07, 6.45) is 2.21. The van der Waals surface area contributed by atoms with E-state index < -0.39 is 0 Å². The average Bonchev–Trinajstić information content (AvgIpc) is 1.68. The Kier molecular flexibility index (Phi) is 4.65. The summed E-state index contributed by atoms with van der Waals surface area (Å²) in [6, 6.07) is 0. The predicted molar refractivity (Wildman–Crippen MR) is 39.0 cm³/mol. The molecule has 3 heteroatoms. The molecular formula is C5H13NOSi. The molecular weight excluding hydrogens is 118 g/mol. The van der Waals surface area contributed by atoms with Gasteiger partial charge in [0.25, 0.3) is 0 Å². The zero-order valence-corrected chi connectivity index (χ0v) is 7.77. The van der Waals surface area contributed by atoms with Crippen molar-refractivity contribution in [1.29, 1.82) is 0 Å². The smallest absolute Gasteiger partial charge is 0.242 e. The van der Waals surface area contributed by atoms with Crippen LogP contribution in [0.4, 0.5) is 0 Å². The van der Waals surface area contributed by atoms with Crippen molar-refractivity contribution in [2.45, 2.75) is 26.7 Å². The third-order valence-electron chi connectivity index (χ3n) is 0.859. The highest BCUT2D eigenvalue weighted by Gasteiger charge is 1.85. The molecule has 0 rings (SSSR count). The Balaban J connectivity index is 3.29. The molecule has 48 valence electrons. The Morgan fingerprint density at radius 3 is 2.75 bits per heavy atom. The fraction of sp³-hybridized carbons (Fsp3) is 0.800. The van der Waals surface area contributed by atoms with Crippen LogP contribution >= 0.6 is 0 Å². The molecule has 0 aliphatic carbocycles. The summed E-state index contributed by atoms with van der Waals surface area (Å²) in [7, 11) is 0.707. The van der Waals surface area contributed by atoms with Crippen LogP contribution in [-0.2, 0) is 4.53 Å². The fourth-order valence-corrected chi connectivity index (χ4v) is 0.875. The second-order valence-corrected chi connectivity index (χ2v) is 2.12. The van der Waals surface area contributed by atoms with Gasteiger partial charge in [-0.05, 0) is 13.3 Å². The average molecular weight is 131 g/mol. The SMILES string of the molecule is CCCC(C)=NO[SiH3]. The Morgan fingerprint density at radius 1 is 1.75 bits per heavy atom. The summed E-state index contributed by atoms with van der Waals surface area (Å²) in [5.41, 5.74) is 1.10. The van der Waals surface area contributed by atoms with Crippen molar-refractivity contribution >= 4 is 16.2 Å². The highest BCUT2D eigenvalue weighted by molar-refractivity contribution is 5.98. The van der Waals surface area contributed by atoms with Crippen molar-refractivity contribution in [2.75, 3.05) is 0 Å². The maximum Gasteiger partial charge on any atom is 0.242 e. The number of nitrogens with zero attached hydrogens (tertiary/aromatic N) is 1. The maximum atomic E-state index is 4.68. The van der Waals surface area contributed by atoms with Crippen LogP contribution in [-0.4, -0.2) is 16.2 Å². The van der Waals surface area contributed by atoms with Crippen LogP contribution in [0.1, 0.15) is 26.7 Å². The first-order valence-electron chi connectivity index (χ1n) is 2.88. The van der Waals surface area contributed by atoms with Gasteiger partial charge in [0.15, 0.2) is 0 Å². The van der Waals surface area contributed by atoms with Crippen LogP contribution < -0.4 is 0 Å². The zero-order chi connectivity index (χ0) is 6.41. The molecule has 0 unspecified atom stereocenters. The molecule has 0 aromatic carbocycles. The van der Waals surface area contributed by atoms with E-state index in [1.165, 1.54) is 0 Å². The molecule has 0 aliphatic rings. The zero-order valence-electron chi connectivity index (χ0n) is 5.77. The number of hydrogen-bond acceptors (Lipinski definition) is 2. The molecule has 0 spiro atoms. The van der Waals surface area contributed by atoms with Gasteiger partial charge < -0.3 is 4.53 Å². The lowest BCUT2D eigenvalue weighted by Crippen LogP contribution is -1.89. The third-order valence-corrected chi connectivity index (χ3v) is 1.04. The molecule has 0 aliphatic heterocycles. The van der Waals surface area contributed by atoms with Crippen molar-refractivity contribution in [3.63, 3.8) is 0 Å². The molecule has 0 atom stereocenters. The van der Waals surface area contributed by atoms with Crippen LogP contribution in [0.2, 0.25) is 0 Å². The Labute approximate surface area is 53.5 Å². The van der Waals surface area contributed by atoms with E-state index in [-0.39, 0.29) is 0 Å². The largest absolute Gasteiger partial charge is 0.467 e. The Hall–Kier alpha value is -0.313. The van der Waals surface area contributed by atoms with E-state index in [9.17, 15) is 0 Å². The number of rotatable bonds is 3. The quantitative estimate of drug-likeness (QED) is 0.310. The lowest BCUT2D eigenvalue weighted by molar-refractivity contribution is 0.376. The Bertz CT molecular complexity index is 82.5. The first-order chi connectivity index (χ1) is 3.81. The van der Waals surface area contributed by atoms with Gasteiger partial charge in [-0.1, -0.05) is 13.3 Å². The first kappa shape index (κ1) is 7.69. The summed E-state index contributed by atoms with van der Waals surface area (Å²) in [5, 5.41) is 3.79. The minimum absolute atomic E-state index is 0.707. The summed E-state index contributed by atoms with van der Waals surface area (Å²) in [4.78, 5) is 0. The Morgan fingerprint density at radius 2 is 2.38 bits per heavy atom. The molecule has 0 fully saturated rings. The molecule has 2 nitrogen and oxygen atoms in total. The van der Waals surface area contributed by atoms with Gasteiger partial charge in [-0.15, -0.1) is 5.16 Å². The summed E-state index contributed by atoms with van der Waals surface area (Å²) >= 11 is 0. The minimum Gasteiger partial charge on any atom is -0.467 e. The molecule has 0 radical (unpaired) electrons. The molecule has 0 aromatic rings. The van der Waals surface area contributed by atoms with E-state index in [1.807, 2.05) is 6.92 Å². The van der Waals surface area contributed by atoms with Crippen LogP contribution in [0.25, 0.3) is 0 Å². The van der Waals surface area contributed by atoms with Gasteiger partial charge >= 0.3 is 0 Å². The van der Waals surface area contributed by atoms with Gasteiger partial charge in [0.05, 0.1) is 5.71 Å². The van der Waals surface area contributed by atoms with E-state index in [2.05, 4.69) is 16.6 Å². The van der Waals surface area contributed by atoms with Crippen molar-refractivity contribution in [2.24, 2.45) is 5.16 Å². The molecule has 0 aromatic heterocycles. The molecule has 0 N–H and O–H groups in total. The third kappa shape index (κ3) is 3.86. The van der Waals surface area contributed by atoms with Crippen molar-refractivity contribution in [3.05, 3.63) is 0 Å². The van der Waals surface area contributed by atoms with E-state index in [0.717, 1.165) is 18.6 Å². The normalized spacial score (nSPS) is 12.0. The van der Waals surface area contributed by atoms with E-state index in [0.29, 0.717) is 10.5 Å². The van der Waals surface area contributed by atoms with Gasteiger partial charge in [0.1, 0.15) is 0 Å². The topological polar surface area (TPSA) is 21.6 Å². The predicted octanol–water partition coefficient (Wildman–Crippen LogP) is 0.459. The van der Waals surface area contributed by atoms with Gasteiger partial charge in [-0.2, -0.15) is 0 Å². The number of hydrogen-bond donors (Lipinski definition) is 0. The highest BCUT2D eigenvalue weighted by atomic mass is 28.2. The molecule has 8 heavy (non-hydrogen) atoms. The summed E-state index contributed by atoms with van der Waals surface area (Å²) in [6.45, 7) is 4.12. The standard InChI is InChI=1S/C5H13NOSi/c1-3-4-5(2)6-7-8/h3-4H2,1-2,8H3. The van der Waals surface area contributed by atoms with Crippen molar-refractivity contribution in [3.8, 4) is 0 Å². The second kappa shape index (κ2) is 4.84. The fourth-order valence-electron chi connectivity index (χ4n) is 0.563. The second-order valence-electron chi connectivity index (χ2n) is 1.76. The van der Waals surface area contributed by atoms with Crippen LogP contribution in [0.3, 0.4) is 0 Å². The first-order valence-corrected chi connectivity index (χ1v) is 3.69. The molecule has 0 amide bonds. The lowest BCUT2D eigenvalue weighted by Gasteiger charge is -1.93. The minimum atomic E-state index is 0.707. The van der Waals surface area contributed by atoms with Gasteiger partial charge in [0, 0.05) is 0 Å². The monoisotopic (exact) mass is 131 g/mol. The van der Waals surface area contributed by atoms with Crippen molar-refractivity contribution < 1.29 is 4.53 Å². The summed E-state index contributed by atoms with van der Waals surface area (Å²) < 4.78 is 4.68. The molecule has 0 saturated heterocycles. The van der Waals surface area contributed by atoms with E-state index >= 15 is 0 Å². The maximum absolute atomic E-state index is 4.68. The van der Waals surface area contributed by atoms with Crippen LogP contribution in [0, 0.1) is 0 Å². The van der Waals surface area contributed by atoms with Crippen LogP contribution in [0.15, 0.2) is 5.16 Å². The van der Waals surface area contributed by atoms with Crippen molar-refractivity contribution in [1.82, 2.24) is 0 Å². The lowest BCUT2D eigenvalue weighted by atomic mass is 10.2. The number of oxime groups is 1. The molecule has 0 bridgehead atoms. The van der Waals surface area contributed by atoms with Gasteiger partial charge in [-0.25, -0.2) is 0 Å². The van der Waals surface area contributed by atoms with E-state index in [4.69, 9.17) is 0 Å². The van der Waals surface area contributed by atoms with Crippen LogP contribution in [0.5, 0.6) is 0 Å². The van der Waals surface area contributed by atoms with Gasteiger partial charge in [0.2, 0.25) is 10.5 Å². The van der Waals surface area contributed by atoms with Gasteiger partial charge in [-0.3, -0.25) is 0 Å². The molecule has 0 saturated carbocycles. The highest BCUT2D eigenvalue weighted by Crippen LogP contribution is 1.89. The molecule has 0 heterocycles. The van der Waals surface area contributed by atoms with E-state index in [1.54, 1.807) is 0 Å². The summed E-state index contributed by atoms with van der Waals surface area (Å²) in [5.74, 6) is 0.